The van der Waals surface area contributed by atoms with Gasteiger partial charge in [0.1, 0.15) is 5.75 Å². The first kappa shape index (κ1) is 23.8. The van der Waals surface area contributed by atoms with Gasteiger partial charge in [0, 0.05) is 25.6 Å². The number of imide groups is 2. The molecule has 2 aromatic rings. The smallest absolute Gasteiger partial charge is 0.323 e. The summed E-state index contributed by atoms with van der Waals surface area (Å²) >= 11 is 0. The quantitative estimate of drug-likeness (QED) is 0.270. The lowest BCUT2D eigenvalue weighted by Crippen LogP contribution is -2.54. The van der Waals surface area contributed by atoms with Crippen molar-refractivity contribution in [3.63, 3.8) is 0 Å². The second-order valence-corrected chi connectivity index (χ2v) is 8.84. The van der Waals surface area contributed by atoms with E-state index in [1.165, 1.54) is 12.0 Å². The van der Waals surface area contributed by atoms with E-state index in [0.29, 0.717) is 22.4 Å². The van der Waals surface area contributed by atoms with Crippen LogP contribution in [0.2, 0.25) is 0 Å². The minimum Gasteiger partial charge on any atom is -0.497 e. The molecule has 2 saturated heterocycles. The summed E-state index contributed by atoms with van der Waals surface area (Å²) in [6.07, 6.45) is 0. The minimum absolute atomic E-state index is 0. The van der Waals surface area contributed by atoms with Gasteiger partial charge < -0.3 is 26.0 Å². The molecule has 190 valence electrons. The summed E-state index contributed by atoms with van der Waals surface area (Å²) in [5.74, 6) is 4.70. The summed E-state index contributed by atoms with van der Waals surface area (Å²) in [7, 11) is 1.50. The molecule has 0 bridgehead atoms. The summed E-state index contributed by atoms with van der Waals surface area (Å²) in [4.78, 5) is 63.3. The summed E-state index contributed by atoms with van der Waals surface area (Å²) in [6.45, 7) is -0.0780. The Kier molecular flexibility index (Phi) is 5.57. The molecule has 0 aromatic heterocycles. The normalized spacial score (nSPS) is 24.1. The van der Waals surface area contributed by atoms with Gasteiger partial charge in [-0.2, -0.15) is 0 Å². The van der Waals surface area contributed by atoms with Crippen molar-refractivity contribution in [2.45, 2.75) is 17.6 Å². The van der Waals surface area contributed by atoms with E-state index >= 15 is 0 Å². The Morgan fingerprint density at radius 2 is 1.70 bits per heavy atom. The van der Waals surface area contributed by atoms with Gasteiger partial charge in [-0.25, -0.2) is 9.59 Å². The molecule has 0 radical (unpaired) electrons. The van der Waals surface area contributed by atoms with Crippen molar-refractivity contribution in [3.05, 3.63) is 64.7 Å². The van der Waals surface area contributed by atoms with E-state index in [9.17, 15) is 24.0 Å². The van der Waals surface area contributed by atoms with Crippen molar-refractivity contribution >= 4 is 29.8 Å². The fraction of sp³-hybridized carbons (Fsp3) is 0.240. The highest BCUT2D eigenvalue weighted by atomic mass is 16.5. The number of carbonyl (C=O) groups excluding carboxylic acids is 5. The molecular formula is C25H24N6O6. The Morgan fingerprint density at radius 1 is 1.00 bits per heavy atom. The third-order valence-corrected chi connectivity index (χ3v) is 6.61. The zero-order valence-electron chi connectivity index (χ0n) is 19.6. The molecule has 6 N–H and O–H groups in total. The van der Waals surface area contributed by atoms with Gasteiger partial charge >= 0.3 is 12.1 Å². The summed E-state index contributed by atoms with van der Waals surface area (Å²) in [5, 5.41) is 9.48. The van der Waals surface area contributed by atoms with Gasteiger partial charge in [-0.05, 0) is 35.4 Å². The van der Waals surface area contributed by atoms with Gasteiger partial charge in [0.05, 0.1) is 13.7 Å². The molecule has 5 rings (SSSR count). The van der Waals surface area contributed by atoms with Gasteiger partial charge in [-0.3, -0.25) is 25.0 Å². The maximum Gasteiger partial charge on any atom is 0.323 e. The van der Waals surface area contributed by atoms with Crippen molar-refractivity contribution in [1.29, 1.82) is 0 Å². The van der Waals surface area contributed by atoms with E-state index in [2.05, 4.69) is 33.1 Å². The Hall–Kier alpha value is -4.89. The van der Waals surface area contributed by atoms with E-state index in [1.54, 1.807) is 42.5 Å². The fourth-order valence-corrected chi connectivity index (χ4v) is 4.59. The van der Waals surface area contributed by atoms with Crippen LogP contribution in [-0.4, -0.2) is 60.4 Å². The number of amides is 7. The number of methoxy groups -OCH3 is 1. The average molecular weight is 505 g/mol. The lowest BCUT2D eigenvalue weighted by molar-refractivity contribution is -0.124. The number of ether oxygens (including phenoxy) is 1. The number of rotatable bonds is 5. The number of nitrogens with one attached hydrogen (secondary N) is 4. The van der Waals surface area contributed by atoms with Gasteiger partial charge in [-0.1, -0.05) is 30.0 Å². The topological polar surface area (TPSA) is 172 Å². The molecule has 3 aliphatic heterocycles. The van der Waals surface area contributed by atoms with Crippen LogP contribution in [0.3, 0.4) is 0 Å². The zero-order chi connectivity index (χ0) is 26.4. The van der Waals surface area contributed by atoms with E-state index in [0.717, 1.165) is 5.56 Å². The number of nitrogens with two attached hydrogens (primary N) is 1. The van der Waals surface area contributed by atoms with Crippen LogP contribution in [0, 0.1) is 11.8 Å². The molecule has 0 saturated carbocycles. The molecule has 12 nitrogen and oxygen atoms in total. The molecule has 3 heterocycles. The Labute approximate surface area is 212 Å². The minimum atomic E-state index is -1.67. The second-order valence-electron chi connectivity index (χ2n) is 8.84. The van der Waals surface area contributed by atoms with Crippen LogP contribution in [0.1, 0.15) is 28.5 Å². The molecule has 2 aromatic carbocycles. The highest BCUT2D eigenvalue weighted by Gasteiger charge is 2.49. The van der Waals surface area contributed by atoms with Crippen molar-refractivity contribution in [3.8, 4) is 17.6 Å². The summed E-state index contributed by atoms with van der Waals surface area (Å²) < 4.78 is 5.20. The van der Waals surface area contributed by atoms with E-state index in [-0.39, 0.29) is 27.0 Å². The predicted molar refractivity (Wildman–Crippen MR) is 130 cm³/mol. The number of urea groups is 2. The molecule has 0 aliphatic carbocycles. The van der Waals surface area contributed by atoms with Crippen molar-refractivity contribution < 1.29 is 30.1 Å². The Morgan fingerprint density at radius 3 is 2.30 bits per heavy atom. The molecule has 2 atom stereocenters. The van der Waals surface area contributed by atoms with Crippen molar-refractivity contribution in [1.82, 2.24) is 26.2 Å². The lowest BCUT2D eigenvalue weighted by atomic mass is 9.89. The monoisotopic (exact) mass is 504 g/mol. The van der Waals surface area contributed by atoms with Crippen LogP contribution in [0.25, 0.3) is 0 Å². The third-order valence-electron chi connectivity index (χ3n) is 6.61. The Balaban J connectivity index is 0.00000336. The second kappa shape index (κ2) is 8.65. The first-order chi connectivity index (χ1) is 17.7. The fourth-order valence-electron chi connectivity index (χ4n) is 4.59. The molecule has 7 amide bonds. The van der Waals surface area contributed by atoms with Crippen molar-refractivity contribution in [2.75, 3.05) is 20.2 Å². The van der Waals surface area contributed by atoms with Crippen LogP contribution in [0.5, 0.6) is 5.75 Å². The molecule has 2 fully saturated rings. The van der Waals surface area contributed by atoms with Gasteiger partial charge in [-0.15, -0.1) is 0 Å². The third kappa shape index (κ3) is 3.91. The van der Waals surface area contributed by atoms with Crippen molar-refractivity contribution in [2.24, 2.45) is 5.73 Å². The molecular weight excluding hydrogens is 480 g/mol. The summed E-state index contributed by atoms with van der Waals surface area (Å²) in [5.41, 5.74) is 4.88. The van der Waals surface area contributed by atoms with Gasteiger partial charge in [0.2, 0.25) is 5.54 Å². The Bertz CT molecular complexity index is 1430. The maximum atomic E-state index is 13.0. The number of benzene rings is 2. The van der Waals surface area contributed by atoms with Crippen LogP contribution in [0.15, 0.2) is 42.5 Å². The first-order valence-corrected chi connectivity index (χ1v) is 11.3. The van der Waals surface area contributed by atoms with Gasteiger partial charge in [0.15, 0.2) is 5.54 Å². The van der Waals surface area contributed by atoms with Crippen LogP contribution < -0.4 is 31.7 Å². The van der Waals surface area contributed by atoms with E-state index < -0.39 is 35.0 Å². The maximum absolute atomic E-state index is 13.0. The zero-order valence-corrected chi connectivity index (χ0v) is 19.6. The number of nitrogens with zero attached hydrogens (tertiary/aromatic N) is 1. The number of hydrogen-bond donors (Lipinski definition) is 5. The van der Waals surface area contributed by atoms with Crippen LogP contribution in [0.4, 0.5) is 9.59 Å². The average Bonchev–Trinajstić information content (AvgIpc) is 3.47. The molecule has 0 spiro atoms. The number of hydrogen-bond acceptors (Lipinski definition) is 7. The van der Waals surface area contributed by atoms with E-state index in [1.807, 2.05) is 0 Å². The SMILES string of the molecule is COc1ccc2c(c1)C(=O)N(C[C@@]1(C#Cc3ccc(C4(CN)NC(=O)NC4=O)cc3)NC(=O)NC1=O)C2.[HH]. The first-order valence-electron chi connectivity index (χ1n) is 11.3. The van der Waals surface area contributed by atoms with Gasteiger partial charge in [0.25, 0.3) is 17.7 Å². The molecule has 37 heavy (non-hydrogen) atoms. The standard InChI is InChI=1S/C25H22N6O6.H2/c1-37-17-7-4-15-11-31(19(32)18(15)10-17)13-24(20(33)27-22(35)29-24)9-8-14-2-5-16(6-3-14)25(12-26)21(34)28-23(36)30-25;/h2-7,10H,11-13,26H2,1H3,(H2,27,29,33,35)(H2,28,30,34,36);1H/t24-,25?;/m1./s1. The highest BCUT2D eigenvalue weighted by molar-refractivity contribution is 6.10. The molecule has 12 heteroatoms. The molecule has 3 aliphatic rings. The predicted octanol–water partition coefficient (Wildman–Crippen LogP) is -0.480. The highest BCUT2D eigenvalue weighted by Crippen LogP contribution is 2.29. The van der Waals surface area contributed by atoms with Crippen LogP contribution in [-0.2, 0) is 21.7 Å². The number of carbonyl (C=O) groups is 5. The number of fused-ring (bicyclic) bond motifs is 1. The van der Waals surface area contributed by atoms with E-state index in [4.69, 9.17) is 10.5 Å². The largest absolute Gasteiger partial charge is 0.497 e. The summed E-state index contributed by atoms with van der Waals surface area (Å²) in [6, 6.07) is 10.2. The lowest BCUT2D eigenvalue weighted by Gasteiger charge is -2.26. The molecule has 1 unspecified atom stereocenters. The van der Waals surface area contributed by atoms with Crippen LogP contribution >= 0.6 is 0 Å².